The highest BCUT2D eigenvalue weighted by Crippen LogP contribution is 2.26. The topological polar surface area (TPSA) is 55.4 Å². The Bertz CT molecular complexity index is 787. The van der Waals surface area contributed by atoms with Crippen LogP contribution in [0.2, 0.25) is 0 Å². The van der Waals surface area contributed by atoms with Gasteiger partial charge in [-0.3, -0.25) is 4.79 Å². The highest BCUT2D eigenvalue weighted by molar-refractivity contribution is 5.98. The molecule has 0 unspecified atom stereocenters. The van der Waals surface area contributed by atoms with Crippen LogP contribution in [0, 0.1) is 11.6 Å². The van der Waals surface area contributed by atoms with Crippen molar-refractivity contribution in [2.75, 3.05) is 5.32 Å². The van der Waals surface area contributed by atoms with Gasteiger partial charge in [-0.15, -0.1) is 0 Å². The van der Waals surface area contributed by atoms with Gasteiger partial charge in [0.05, 0.1) is 0 Å². The quantitative estimate of drug-likeness (QED) is 0.761. The lowest BCUT2D eigenvalue weighted by atomic mass is 9.97. The van der Waals surface area contributed by atoms with E-state index in [1.807, 2.05) is 26.0 Å². The van der Waals surface area contributed by atoms with Crippen molar-refractivity contribution in [2.45, 2.75) is 39.2 Å². The van der Waals surface area contributed by atoms with E-state index >= 15 is 0 Å². The zero-order valence-electron chi connectivity index (χ0n) is 14.9. The van der Waals surface area contributed by atoms with Crippen molar-refractivity contribution < 1.29 is 23.1 Å². The summed E-state index contributed by atoms with van der Waals surface area (Å²) in [6, 6.07) is 10.4. The van der Waals surface area contributed by atoms with Gasteiger partial charge in [-0.05, 0) is 43.0 Å². The van der Waals surface area contributed by atoms with E-state index in [1.54, 1.807) is 12.1 Å². The number of carbonyl (C=O) groups is 2. The van der Waals surface area contributed by atoms with Crippen LogP contribution in [0.1, 0.15) is 49.0 Å². The molecule has 2 aromatic carbocycles. The van der Waals surface area contributed by atoms with Crippen LogP contribution in [-0.2, 0) is 9.53 Å². The molecule has 0 spiro atoms. The van der Waals surface area contributed by atoms with Crippen LogP contribution in [0.25, 0.3) is 0 Å². The predicted octanol–water partition coefficient (Wildman–Crippen LogP) is 4.66. The van der Waals surface area contributed by atoms with Crippen LogP contribution in [-0.4, -0.2) is 18.0 Å². The fraction of sp³-hybridized carbons (Fsp3) is 0.300. The number of ether oxygens (including phenoxy) is 1. The summed E-state index contributed by atoms with van der Waals surface area (Å²) in [7, 11) is 0. The Kier molecular flexibility index (Phi) is 6.44. The fourth-order valence-electron chi connectivity index (χ4n) is 2.46. The first-order valence-corrected chi connectivity index (χ1v) is 8.39. The van der Waals surface area contributed by atoms with E-state index in [0.29, 0.717) is 5.69 Å². The van der Waals surface area contributed by atoms with E-state index in [-0.39, 0.29) is 5.92 Å². The van der Waals surface area contributed by atoms with E-state index < -0.39 is 35.2 Å². The van der Waals surface area contributed by atoms with Crippen LogP contribution in [0.4, 0.5) is 14.5 Å². The van der Waals surface area contributed by atoms with Gasteiger partial charge in [0.2, 0.25) is 0 Å². The third-order valence-electron chi connectivity index (χ3n) is 4.18. The zero-order chi connectivity index (χ0) is 19.3. The molecule has 0 aliphatic heterocycles. The molecule has 2 rings (SSSR count). The number of benzene rings is 2. The minimum atomic E-state index is -1.22. The maximum absolute atomic E-state index is 13.6. The van der Waals surface area contributed by atoms with Gasteiger partial charge >= 0.3 is 5.97 Å². The van der Waals surface area contributed by atoms with Crippen molar-refractivity contribution in [1.29, 1.82) is 0 Å². The Hall–Kier alpha value is -2.76. The van der Waals surface area contributed by atoms with Crippen molar-refractivity contribution in [1.82, 2.24) is 0 Å². The van der Waals surface area contributed by atoms with Crippen molar-refractivity contribution in [2.24, 2.45) is 0 Å². The lowest BCUT2D eigenvalue weighted by Crippen LogP contribution is -2.31. The third kappa shape index (κ3) is 4.45. The highest BCUT2D eigenvalue weighted by Gasteiger charge is 2.24. The number of halogens is 2. The monoisotopic (exact) mass is 361 g/mol. The van der Waals surface area contributed by atoms with Gasteiger partial charge in [0, 0.05) is 5.69 Å². The number of nitrogens with one attached hydrogen (secondary N) is 1. The molecule has 0 aliphatic carbocycles. The van der Waals surface area contributed by atoms with Gasteiger partial charge in [-0.2, -0.15) is 0 Å². The Morgan fingerprint density at radius 3 is 2.27 bits per heavy atom. The summed E-state index contributed by atoms with van der Waals surface area (Å²) >= 11 is 0. The second kappa shape index (κ2) is 8.56. The minimum absolute atomic E-state index is 0.233. The Morgan fingerprint density at radius 2 is 1.65 bits per heavy atom. The maximum atomic E-state index is 13.6. The van der Waals surface area contributed by atoms with Crippen molar-refractivity contribution >= 4 is 17.6 Å². The number of anilines is 1. The number of carbonyl (C=O) groups excluding carboxylic acids is 2. The molecule has 0 aromatic heterocycles. The number of para-hydroxylation sites is 1. The van der Waals surface area contributed by atoms with E-state index in [0.717, 1.165) is 30.2 Å². The molecule has 1 N–H and O–H groups in total. The Morgan fingerprint density at radius 1 is 1.04 bits per heavy atom. The molecule has 26 heavy (non-hydrogen) atoms. The van der Waals surface area contributed by atoms with E-state index in [4.69, 9.17) is 4.74 Å². The molecule has 0 saturated carbocycles. The van der Waals surface area contributed by atoms with Gasteiger partial charge in [-0.1, -0.05) is 38.1 Å². The molecular weight excluding hydrogens is 340 g/mol. The smallest absolute Gasteiger partial charge is 0.344 e. The minimum Gasteiger partial charge on any atom is -0.449 e. The molecule has 2 atom stereocenters. The van der Waals surface area contributed by atoms with Crippen LogP contribution >= 0.6 is 0 Å². The Labute approximate surface area is 151 Å². The molecule has 0 aliphatic rings. The average molecular weight is 361 g/mol. The number of hydrogen-bond acceptors (Lipinski definition) is 3. The van der Waals surface area contributed by atoms with Crippen LogP contribution < -0.4 is 5.32 Å². The lowest BCUT2D eigenvalue weighted by molar-refractivity contribution is -0.123. The average Bonchev–Trinajstić information content (AvgIpc) is 2.61. The molecule has 0 heterocycles. The van der Waals surface area contributed by atoms with Gasteiger partial charge in [0.1, 0.15) is 17.2 Å². The molecule has 0 radical (unpaired) electrons. The number of amides is 1. The zero-order valence-corrected chi connectivity index (χ0v) is 14.9. The lowest BCUT2D eigenvalue weighted by Gasteiger charge is -2.18. The van der Waals surface area contributed by atoms with Gasteiger partial charge in [0.15, 0.2) is 6.10 Å². The maximum Gasteiger partial charge on any atom is 0.344 e. The molecule has 6 heteroatoms. The number of hydrogen-bond donors (Lipinski definition) is 1. The van der Waals surface area contributed by atoms with Crippen molar-refractivity contribution in [3.8, 4) is 0 Å². The molecular formula is C20H21F2NO3. The second-order valence-corrected chi connectivity index (χ2v) is 6.03. The standard InChI is InChI=1S/C20H21F2NO3/c1-4-12(2)14-8-5-6-11-17(14)23-19(24)13(3)26-20(25)18-15(21)9-7-10-16(18)22/h5-13H,4H2,1-3H3,(H,23,24)/t12-,13-/m1/s1. The highest BCUT2D eigenvalue weighted by atomic mass is 19.1. The van der Waals surface area contributed by atoms with E-state index in [9.17, 15) is 18.4 Å². The first-order valence-electron chi connectivity index (χ1n) is 8.39. The van der Waals surface area contributed by atoms with Gasteiger partial charge in [-0.25, -0.2) is 13.6 Å². The molecule has 4 nitrogen and oxygen atoms in total. The summed E-state index contributed by atoms with van der Waals surface area (Å²) in [5.41, 5.74) is 0.765. The van der Waals surface area contributed by atoms with Gasteiger partial charge < -0.3 is 10.1 Å². The largest absolute Gasteiger partial charge is 0.449 e. The molecule has 0 bridgehead atoms. The SMILES string of the molecule is CC[C@@H](C)c1ccccc1NC(=O)[C@@H](C)OC(=O)c1c(F)cccc1F. The summed E-state index contributed by atoms with van der Waals surface area (Å²) in [5.74, 6) is -3.64. The molecule has 0 saturated heterocycles. The van der Waals surface area contributed by atoms with Crippen LogP contribution in [0.3, 0.4) is 0 Å². The normalized spacial score (nSPS) is 13.0. The first-order chi connectivity index (χ1) is 12.3. The summed E-state index contributed by atoms with van der Waals surface area (Å²) in [5, 5.41) is 2.71. The molecule has 1 amide bonds. The Balaban J connectivity index is 2.10. The van der Waals surface area contributed by atoms with Crippen LogP contribution in [0.5, 0.6) is 0 Å². The first kappa shape index (κ1) is 19.6. The summed E-state index contributed by atoms with van der Waals surface area (Å²) < 4.78 is 32.2. The predicted molar refractivity (Wildman–Crippen MR) is 95.0 cm³/mol. The van der Waals surface area contributed by atoms with E-state index in [1.165, 1.54) is 6.92 Å². The summed E-state index contributed by atoms with van der Waals surface area (Å²) in [4.78, 5) is 24.3. The van der Waals surface area contributed by atoms with Crippen LogP contribution in [0.15, 0.2) is 42.5 Å². The fourth-order valence-corrected chi connectivity index (χ4v) is 2.46. The summed E-state index contributed by atoms with van der Waals surface area (Å²) in [6.07, 6.45) is -0.323. The summed E-state index contributed by atoms with van der Waals surface area (Å²) in [6.45, 7) is 5.42. The number of rotatable bonds is 6. The van der Waals surface area contributed by atoms with Gasteiger partial charge in [0.25, 0.3) is 5.91 Å². The third-order valence-corrected chi connectivity index (χ3v) is 4.18. The second-order valence-electron chi connectivity index (χ2n) is 6.03. The van der Waals surface area contributed by atoms with Crippen molar-refractivity contribution in [3.63, 3.8) is 0 Å². The van der Waals surface area contributed by atoms with Crippen molar-refractivity contribution in [3.05, 3.63) is 65.2 Å². The van der Waals surface area contributed by atoms with E-state index in [2.05, 4.69) is 5.32 Å². The number of esters is 1. The molecule has 138 valence electrons. The molecule has 2 aromatic rings. The molecule has 0 fully saturated rings.